The first kappa shape index (κ1) is 13.7. The molecular weight excluding hydrogens is 272 g/mol. The van der Waals surface area contributed by atoms with Crippen molar-refractivity contribution in [1.82, 2.24) is 14.5 Å². The molecule has 4 nitrogen and oxygen atoms in total. The van der Waals surface area contributed by atoms with Crippen molar-refractivity contribution in [3.05, 3.63) is 24.3 Å². The van der Waals surface area contributed by atoms with Crippen LogP contribution in [-0.2, 0) is 6.54 Å². The minimum Gasteiger partial charge on any atom is -1.00 e. The van der Waals surface area contributed by atoms with Gasteiger partial charge in [0.05, 0.1) is 11.0 Å². The summed E-state index contributed by atoms with van der Waals surface area (Å²) in [5.74, 6) is 1.17. The topological polar surface area (TPSA) is 24.3 Å². The Bertz CT molecular complexity index is 589. The predicted octanol–water partition coefficient (Wildman–Crippen LogP) is -1.04. The number of rotatable bonds is 3. The highest BCUT2D eigenvalue weighted by molar-refractivity contribution is 5.79. The van der Waals surface area contributed by atoms with Gasteiger partial charge in [0, 0.05) is 26.2 Å². The molecule has 1 saturated heterocycles. The molecule has 0 bridgehead atoms. The second-order valence-electron chi connectivity index (χ2n) is 5.59. The zero-order valence-corrected chi connectivity index (χ0v) is 12.4. The fourth-order valence-electron chi connectivity index (χ4n) is 3.33. The van der Waals surface area contributed by atoms with Crippen LogP contribution in [0.3, 0.4) is 0 Å². The smallest absolute Gasteiger partial charge is 0.206 e. The van der Waals surface area contributed by atoms with Crippen LogP contribution in [0.1, 0.15) is 12.8 Å². The second kappa shape index (κ2) is 5.62. The molecule has 0 saturated carbocycles. The summed E-state index contributed by atoms with van der Waals surface area (Å²) in [5, 5.41) is 0. The van der Waals surface area contributed by atoms with E-state index in [1.807, 2.05) is 0 Å². The van der Waals surface area contributed by atoms with E-state index >= 15 is 0 Å². The van der Waals surface area contributed by atoms with E-state index in [0.717, 1.165) is 25.2 Å². The molecule has 3 heterocycles. The Kier molecular flexibility index (Phi) is 3.85. The lowest BCUT2D eigenvalue weighted by atomic mass is 10.3. The van der Waals surface area contributed by atoms with Gasteiger partial charge in [0.15, 0.2) is 0 Å². The predicted molar refractivity (Wildman–Crippen MR) is 77.6 cm³/mol. The quantitative estimate of drug-likeness (QED) is 0.722. The molecule has 1 aromatic heterocycles. The Labute approximate surface area is 125 Å². The number of imidazole rings is 1. The normalized spacial score (nSPS) is 18.5. The van der Waals surface area contributed by atoms with Crippen LogP contribution < -0.4 is 17.3 Å². The number of fused-ring (bicyclic) bond motifs is 3. The molecule has 0 amide bonds. The fourth-order valence-corrected chi connectivity index (χ4v) is 3.33. The number of aromatic nitrogens is 2. The van der Waals surface area contributed by atoms with Gasteiger partial charge in [-0.15, -0.1) is 0 Å². The van der Waals surface area contributed by atoms with E-state index in [4.69, 9.17) is 4.98 Å². The van der Waals surface area contributed by atoms with Crippen LogP contribution in [0.5, 0.6) is 0 Å². The molecule has 2 aromatic rings. The van der Waals surface area contributed by atoms with Crippen molar-refractivity contribution >= 4 is 17.0 Å². The average Bonchev–Trinajstić information content (AvgIpc) is 3.13. The van der Waals surface area contributed by atoms with Crippen LogP contribution in [0.25, 0.3) is 11.0 Å². The molecule has 1 aromatic carbocycles. The third kappa shape index (κ3) is 2.27. The maximum atomic E-state index is 4.79. The molecule has 0 aliphatic carbocycles. The number of para-hydroxylation sites is 2. The molecule has 2 aliphatic heterocycles. The maximum Gasteiger partial charge on any atom is 0.206 e. The zero-order chi connectivity index (χ0) is 12.7. The Balaban J connectivity index is 0.00000121. The fraction of sp³-hybridized carbons (Fsp3) is 0.533. The van der Waals surface area contributed by atoms with Gasteiger partial charge in [0.1, 0.15) is 0 Å². The van der Waals surface area contributed by atoms with E-state index in [-0.39, 0.29) is 12.4 Å². The number of halogens is 1. The number of nitrogens with zero attached hydrogens (tertiary/aromatic N) is 4. The number of benzene rings is 1. The monoisotopic (exact) mass is 291 g/mol. The van der Waals surface area contributed by atoms with E-state index < -0.39 is 0 Å². The van der Waals surface area contributed by atoms with Gasteiger partial charge in [0.25, 0.3) is 0 Å². The first-order valence-electron chi connectivity index (χ1n) is 7.34. The molecule has 0 N–H and O–H groups in total. The van der Waals surface area contributed by atoms with Crippen molar-refractivity contribution in [2.45, 2.75) is 19.4 Å². The third-order valence-electron chi connectivity index (χ3n) is 4.40. The Morgan fingerprint density at radius 3 is 2.60 bits per heavy atom. The van der Waals surface area contributed by atoms with Gasteiger partial charge >= 0.3 is 0 Å². The number of likely N-dealkylation sites (tertiary alicyclic amines) is 1. The molecule has 0 radical (unpaired) electrons. The number of anilines is 1. The number of hydrogen-bond donors (Lipinski definition) is 0. The Morgan fingerprint density at radius 1 is 0.950 bits per heavy atom. The van der Waals surface area contributed by atoms with Crippen LogP contribution in [0.2, 0.25) is 0 Å². The van der Waals surface area contributed by atoms with E-state index in [0.29, 0.717) is 0 Å². The molecule has 108 valence electrons. The van der Waals surface area contributed by atoms with Gasteiger partial charge in [-0.25, -0.2) is 4.98 Å². The molecular formula is C15H20ClN4-. The highest BCUT2D eigenvalue weighted by Gasteiger charge is 2.23. The van der Waals surface area contributed by atoms with E-state index in [2.05, 4.69) is 38.6 Å². The molecule has 20 heavy (non-hydrogen) atoms. The van der Waals surface area contributed by atoms with Crippen molar-refractivity contribution in [1.29, 1.82) is 0 Å². The van der Waals surface area contributed by atoms with Crippen LogP contribution in [0.4, 0.5) is 5.95 Å². The summed E-state index contributed by atoms with van der Waals surface area (Å²) in [4.78, 5) is 9.81. The maximum absolute atomic E-state index is 4.79. The highest BCUT2D eigenvalue weighted by atomic mass is 35.5. The van der Waals surface area contributed by atoms with Gasteiger partial charge in [-0.2, -0.15) is 0 Å². The summed E-state index contributed by atoms with van der Waals surface area (Å²) < 4.78 is 2.36. The number of hydrogen-bond acceptors (Lipinski definition) is 3. The zero-order valence-electron chi connectivity index (χ0n) is 11.6. The van der Waals surface area contributed by atoms with Gasteiger partial charge in [-0.05, 0) is 38.1 Å². The summed E-state index contributed by atoms with van der Waals surface area (Å²) in [6.07, 6.45) is 2.75. The van der Waals surface area contributed by atoms with Crippen molar-refractivity contribution in [2.75, 3.05) is 37.6 Å². The summed E-state index contributed by atoms with van der Waals surface area (Å²) in [7, 11) is 0. The second-order valence-corrected chi connectivity index (χ2v) is 5.59. The van der Waals surface area contributed by atoms with Crippen LogP contribution >= 0.6 is 0 Å². The van der Waals surface area contributed by atoms with Crippen molar-refractivity contribution in [2.24, 2.45) is 0 Å². The minimum absolute atomic E-state index is 0. The molecule has 0 unspecified atom stereocenters. The molecule has 4 rings (SSSR count). The first-order chi connectivity index (χ1) is 9.42. The van der Waals surface area contributed by atoms with Crippen molar-refractivity contribution in [3.63, 3.8) is 0 Å². The third-order valence-corrected chi connectivity index (χ3v) is 4.40. The van der Waals surface area contributed by atoms with Gasteiger partial charge < -0.3 is 26.8 Å². The average molecular weight is 292 g/mol. The molecule has 0 atom stereocenters. The lowest BCUT2D eigenvalue weighted by molar-refractivity contribution is -0.00000389. The molecule has 1 fully saturated rings. The Hall–Kier alpha value is -1.26. The van der Waals surface area contributed by atoms with Gasteiger partial charge in [-0.1, -0.05) is 12.1 Å². The summed E-state index contributed by atoms with van der Waals surface area (Å²) in [6.45, 7) is 7.05. The minimum atomic E-state index is 0. The van der Waals surface area contributed by atoms with Crippen LogP contribution in [0, 0.1) is 0 Å². The largest absolute Gasteiger partial charge is 1.00 e. The van der Waals surface area contributed by atoms with E-state index in [1.54, 1.807) is 0 Å². The molecule has 0 spiro atoms. The SMILES string of the molecule is [Cl-].c1ccc2c(c1)nc1n2CCN1CCN1CCCC1. The lowest BCUT2D eigenvalue weighted by Crippen LogP contribution is -3.00. The van der Waals surface area contributed by atoms with Gasteiger partial charge in [-0.3, -0.25) is 0 Å². The first-order valence-corrected chi connectivity index (χ1v) is 7.34. The van der Waals surface area contributed by atoms with Crippen molar-refractivity contribution in [3.8, 4) is 0 Å². The van der Waals surface area contributed by atoms with E-state index in [9.17, 15) is 0 Å². The molecule has 5 heteroatoms. The summed E-state index contributed by atoms with van der Waals surface area (Å²) in [5.41, 5.74) is 2.41. The van der Waals surface area contributed by atoms with Crippen LogP contribution in [-0.4, -0.2) is 47.2 Å². The molecule has 2 aliphatic rings. The van der Waals surface area contributed by atoms with E-state index in [1.165, 1.54) is 43.9 Å². The summed E-state index contributed by atoms with van der Waals surface area (Å²) >= 11 is 0. The highest BCUT2D eigenvalue weighted by Crippen LogP contribution is 2.26. The van der Waals surface area contributed by atoms with Crippen molar-refractivity contribution < 1.29 is 12.4 Å². The summed E-state index contributed by atoms with van der Waals surface area (Å²) in [6, 6.07) is 8.46. The standard InChI is InChI=1S/C15H20N4.ClH/c1-2-6-14-13(5-1)16-15-18(11-12-19(14)15)10-9-17-7-3-4-8-17;/h1-2,5-6H,3-4,7-12H2;1H/p-1. The lowest BCUT2D eigenvalue weighted by Gasteiger charge is -2.20. The van der Waals surface area contributed by atoms with Gasteiger partial charge in [0.2, 0.25) is 5.95 Å². The Morgan fingerprint density at radius 2 is 1.75 bits per heavy atom. The van der Waals surface area contributed by atoms with Crippen LogP contribution in [0.15, 0.2) is 24.3 Å².